The Labute approximate surface area is 177 Å². The van der Waals surface area contributed by atoms with Crippen LogP contribution >= 0.6 is 15.9 Å². The topological polar surface area (TPSA) is 80.6 Å². The summed E-state index contributed by atoms with van der Waals surface area (Å²) in [6.07, 6.45) is 1.55. The van der Waals surface area contributed by atoms with Gasteiger partial charge in [0.25, 0.3) is 11.8 Å². The van der Waals surface area contributed by atoms with E-state index in [0.29, 0.717) is 22.8 Å². The smallest absolute Gasteiger partial charge is 0.262 e. The summed E-state index contributed by atoms with van der Waals surface area (Å²) in [5, 5.41) is 5.51. The van der Waals surface area contributed by atoms with Crippen molar-refractivity contribution in [2.24, 2.45) is 0 Å². The van der Waals surface area contributed by atoms with Gasteiger partial charge in [0, 0.05) is 4.47 Å². The molecule has 0 atom stereocenters. The first-order valence-electron chi connectivity index (χ1n) is 9.03. The molecule has 0 aliphatic carbocycles. The average Bonchev–Trinajstić information content (AvgIpc) is 3.22. The molecule has 0 aliphatic rings. The third-order valence-electron chi connectivity index (χ3n) is 4.23. The Bertz CT molecular complexity index is 992. The standard InChI is InChI=1S/C22H21BrN2O4/c1-14-10-17(11-15(2)21(14)23)29-13-20(26)25-19-8-4-3-7-18(19)22(27)24-12-16-6-5-9-28-16/h3-11H,12-13H2,1-2H3,(H,24,27)(H,25,26). The minimum Gasteiger partial charge on any atom is -0.484 e. The van der Waals surface area contributed by atoms with Crippen LogP contribution in [-0.4, -0.2) is 18.4 Å². The third kappa shape index (κ3) is 5.48. The number of ether oxygens (including phenoxy) is 1. The van der Waals surface area contributed by atoms with Gasteiger partial charge in [0.05, 0.1) is 24.1 Å². The fraction of sp³-hybridized carbons (Fsp3) is 0.182. The van der Waals surface area contributed by atoms with E-state index in [1.165, 1.54) is 0 Å². The molecule has 0 fully saturated rings. The molecule has 0 radical (unpaired) electrons. The largest absolute Gasteiger partial charge is 0.484 e. The normalized spacial score (nSPS) is 10.4. The molecule has 150 valence electrons. The highest BCUT2D eigenvalue weighted by Crippen LogP contribution is 2.26. The summed E-state index contributed by atoms with van der Waals surface area (Å²) in [5.74, 6) is 0.600. The van der Waals surface area contributed by atoms with Crippen LogP contribution in [0.3, 0.4) is 0 Å². The van der Waals surface area contributed by atoms with E-state index in [1.807, 2.05) is 26.0 Å². The van der Waals surface area contributed by atoms with Crippen molar-refractivity contribution in [3.63, 3.8) is 0 Å². The zero-order chi connectivity index (χ0) is 20.8. The van der Waals surface area contributed by atoms with Gasteiger partial charge in [0.2, 0.25) is 0 Å². The maximum absolute atomic E-state index is 12.5. The molecule has 29 heavy (non-hydrogen) atoms. The Hall–Kier alpha value is -3.06. The van der Waals surface area contributed by atoms with Crippen molar-refractivity contribution in [1.82, 2.24) is 5.32 Å². The summed E-state index contributed by atoms with van der Waals surface area (Å²) in [6.45, 7) is 4.02. The van der Waals surface area contributed by atoms with E-state index in [-0.39, 0.29) is 25.0 Å². The van der Waals surface area contributed by atoms with Crippen molar-refractivity contribution in [3.05, 3.63) is 81.7 Å². The second-order valence-electron chi connectivity index (χ2n) is 6.52. The number of carbonyl (C=O) groups is 2. The number of anilines is 1. The molecule has 3 aromatic rings. The van der Waals surface area contributed by atoms with E-state index in [2.05, 4.69) is 26.6 Å². The van der Waals surface area contributed by atoms with E-state index in [4.69, 9.17) is 9.15 Å². The lowest BCUT2D eigenvalue weighted by Gasteiger charge is -2.13. The first-order valence-corrected chi connectivity index (χ1v) is 9.82. The Morgan fingerprint density at radius 1 is 1.07 bits per heavy atom. The predicted octanol–water partition coefficient (Wildman–Crippen LogP) is 4.61. The minimum absolute atomic E-state index is 0.164. The summed E-state index contributed by atoms with van der Waals surface area (Å²) < 4.78 is 11.8. The van der Waals surface area contributed by atoms with Crippen LogP contribution in [0.5, 0.6) is 5.75 Å². The van der Waals surface area contributed by atoms with Crippen LogP contribution in [-0.2, 0) is 11.3 Å². The Balaban J connectivity index is 1.61. The summed E-state index contributed by atoms with van der Waals surface area (Å²) >= 11 is 3.51. The predicted molar refractivity (Wildman–Crippen MR) is 114 cm³/mol. The van der Waals surface area contributed by atoms with Crippen LogP contribution < -0.4 is 15.4 Å². The molecule has 0 aliphatic heterocycles. The van der Waals surface area contributed by atoms with E-state index in [9.17, 15) is 9.59 Å². The lowest BCUT2D eigenvalue weighted by atomic mass is 10.1. The Kier molecular flexibility index (Phi) is 6.72. The maximum Gasteiger partial charge on any atom is 0.262 e. The van der Waals surface area contributed by atoms with E-state index < -0.39 is 0 Å². The van der Waals surface area contributed by atoms with Crippen LogP contribution in [0.25, 0.3) is 0 Å². The van der Waals surface area contributed by atoms with Gasteiger partial charge < -0.3 is 19.8 Å². The minimum atomic E-state index is -0.352. The summed E-state index contributed by atoms with van der Waals surface area (Å²) in [4.78, 5) is 24.8. The average molecular weight is 457 g/mol. The van der Waals surface area contributed by atoms with Crippen molar-refractivity contribution in [1.29, 1.82) is 0 Å². The van der Waals surface area contributed by atoms with Gasteiger partial charge in [-0.2, -0.15) is 0 Å². The molecule has 0 unspecified atom stereocenters. The highest BCUT2D eigenvalue weighted by atomic mass is 79.9. The number of aryl methyl sites for hydroxylation is 2. The van der Waals surface area contributed by atoms with Gasteiger partial charge >= 0.3 is 0 Å². The molecule has 1 heterocycles. The van der Waals surface area contributed by atoms with Crippen LogP contribution in [0.2, 0.25) is 0 Å². The zero-order valence-corrected chi connectivity index (χ0v) is 17.7. The Morgan fingerprint density at radius 3 is 2.48 bits per heavy atom. The number of hydrogen-bond acceptors (Lipinski definition) is 4. The summed E-state index contributed by atoms with van der Waals surface area (Å²) in [6, 6.07) is 14.1. The molecule has 6 nitrogen and oxygen atoms in total. The number of hydrogen-bond donors (Lipinski definition) is 2. The maximum atomic E-state index is 12.5. The van der Waals surface area contributed by atoms with Crippen molar-refractivity contribution >= 4 is 33.4 Å². The number of rotatable bonds is 7. The van der Waals surface area contributed by atoms with E-state index in [0.717, 1.165) is 15.6 Å². The van der Waals surface area contributed by atoms with Gasteiger partial charge in [-0.15, -0.1) is 0 Å². The van der Waals surface area contributed by atoms with Crippen LogP contribution in [0.15, 0.2) is 63.7 Å². The zero-order valence-electron chi connectivity index (χ0n) is 16.1. The quantitative estimate of drug-likeness (QED) is 0.543. The number of para-hydroxylation sites is 1. The number of benzene rings is 2. The van der Waals surface area contributed by atoms with Crippen LogP contribution in [0, 0.1) is 13.8 Å². The first-order chi connectivity index (χ1) is 13.9. The molecule has 0 saturated heterocycles. The first kappa shape index (κ1) is 20.7. The molecular formula is C22H21BrN2O4. The van der Waals surface area contributed by atoms with Crippen molar-refractivity contribution in [2.45, 2.75) is 20.4 Å². The molecule has 1 aromatic heterocycles. The second kappa shape index (κ2) is 9.43. The number of carbonyl (C=O) groups excluding carboxylic acids is 2. The van der Waals surface area contributed by atoms with E-state index >= 15 is 0 Å². The van der Waals surface area contributed by atoms with Crippen LogP contribution in [0.1, 0.15) is 27.2 Å². The molecule has 0 saturated carbocycles. The molecule has 7 heteroatoms. The van der Waals surface area contributed by atoms with Crippen molar-refractivity contribution in [2.75, 3.05) is 11.9 Å². The van der Waals surface area contributed by atoms with Gasteiger partial charge in [-0.1, -0.05) is 28.1 Å². The molecule has 3 rings (SSSR count). The molecule has 2 N–H and O–H groups in total. The fourth-order valence-electron chi connectivity index (χ4n) is 2.79. The van der Waals surface area contributed by atoms with Gasteiger partial charge in [-0.3, -0.25) is 9.59 Å². The number of furan rings is 1. The molecule has 0 bridgehead atoms. The number of nitrogens with one attached hydrogen (secondary N) is 2. The SMILES string of the molecule is Cc1cc(OCC(=O)Nc2ccccc2C(=O)NCc2ccco2)cc(C)c1Br. The second-order valence-corrected chi connectivity index (χ2v) is 7.31. The van der Waals surface area contributed by atoms with Gasteiger partial charge in [0.15, 0.2) is 6.61 Å². The van der Waals surface area contributed by atoms with Gasteiger partial charge in [0.1, 0.15) is 11.5 Å². The Morgan fingerprint density at radius 2 is 1.79 bits per heavy atom. The molecular weight excluding hydrogens is 436 g/mol. The van der Waals surface area contributed by atoms with E-state index in [1.54, 1.807) is 42.7 Å². The lowest BCUT2D eigenvalue weighted by Crippen LogP contribution is -2.26. The number of amides is 2. The van der Waals surface area contributed by atoms with Gasteiger partial charge in [-0.25, -0.2) is 0 Å². The summed E-state index contributed by atoms with van der Waals surface area (Å²) in [7, 11) is 0. The lowest BCUT2D eigenvalue weighted by molar-refractivity contribution is -0.118. The fourth-order valence-corrected chi connectivity index (χ4v) is 3.02. The molecule has 0 spiro atoms. The molecule has 2 aromatic carbocycles. The molecule has 2 amide bonds. The highest BCUT2D eigenvalue weighted by molar-refractivity contribution is 9.10. The third-order valence-corrected chi connectivity index (χ3v) is 5.48. The van der Waals surface area contributed by atoms with Crippen molar-refractivity contribution < 1.29 is 18.7 Å². The van der Waals surface area contributed by atoms with Gasteiger partial charge in [-0.05, 0) is 61.4 Å². The summed E-state index contributed by atoms with van der Waals surface area (Å²) in [5.41, 5.74) is 2.84. The monoisotopic (exact) mass is 456 g/mol. The van der Waals surface area contributed by atoms with Crippen molar-refractivity contribution in [3.8, 4) is 5.75 Å². The highest BCUT2D eigenvalue weighted by Gasteiger charge is 2.14. The van der Waals surface area contributed by atoms with Crippen LogP contribution in [0.4, 0.5) is 5.69 Å². The number of halogens is 1.